The van der Waals surface area contributed by atoms with E-state index in [2.05, 4.69) is 0 Å². The van der Waals surface area contributed by atoms with E-state index in [4.69, 9.17) is 14.1 Å². The molecule has 0 saturated heterocycles. The van der Waals surface area contributed by atoms with Gasteiger partial charge >= 0.3 is 0 Å². The molecule has 6 nitrogen and oxygen atoms in total. The van der Waals surface area contributed by atoms with Gasteiger partial charge in [-0.3, -0.25) is 14.5 Å². The maximum Gasteiger partial charge on any atom is 0.282 e. The molecule has 0 N–H and O–H groups in total. The number of methoxy groups -OCH3 is 1. The van der Waals surface area contributed by atoms with E-state index >= 15 is 0 Å². The molecule has 0 atom stereocenters. The molecule has 6 rings (SSSR count). The molecular formula is C32H22N2O4. The Morgan fingerprint density at radius 1 is 0.789 bits per heavy atom. The van der Waals surface area contributed by atoms with Crippen molar-refractivity contribution in [2.75, 3.05) is 12.0 Å². The van der Waals surface area contributed by atoms with Crippen LogP contribution < -0.4 is 15.1 Å². The largest absolute Gasteiger partial charge is 0.497 e. The number of amides is 1. The van der Waals surface area contributed by atoms with Crippen molar-refractivity contribution in [2.45, 2.75) is 0 Å². The minimum Gasteiger partial charge on any atom is -0.497 e. The van der Waals surface area contributed by atoms with Crippen molar-refractivity contribution in [3.8, 4) is 17.1 Å². The lowest BCUT2D eigenvalue weighted by Gasteiger charge is -2.19. The summed E-state index contributed by atoms with van der Waals surface area (Å²) in [6, 6.07) is 33.0. The van der Waals surface area contributed by atoms with Gasteiger partial charge < -0.3 is 9.15 Å². The lowest BCUT2D eigenvalue weighted by atomic mass is 10.1. The Hall–Kier alpha value is -5.23. The molecule has 1 aromatic heterocycles. The molecule has 0 fully saturated rings. The van der Waals surface area contributed by atoms with E-state index in [1.807, 2.05) is 84.9 Å². The third-order valence-corrected chi connectivity index (χ3v) is 6.34. The monoisotopic (exact) mass is 498 g/mol. The Morgan fingerprint density at radius 3 is 2.16 bits per heavy atom. The van der Waals surface area contributed by atoms with E-state index in [9.17, 15) is 9.59 Å². The number of rotatable bonds is 5. The fraction of sp³-hybridized carbons (Fsp3) is 0.0312. The number of carbonyl (C=O) groups is 1. The molecule has 0 radical (unpaired) electrons. The van der Waals surface area contributed by atoms with E-state index < -0.39 is 0 Å². The van der Waals surface area contributed by atoms with Gasteiger partial charge in [-0.2, -0.15) is 0 Å². The first-order valence-electron chi connectivity index (χ1n) is 12.1. The maximum absolute atomic E-state index is 13.7. The molecule has 38 heavy (non-hydrogen) atoms. The number of fused-ring (bicyclic) bond motifs is 1. The van der Waals surface area contributed by atoms with Crippen LogP contribution in [0.3, 0.4) is 0 Å². The number of hydrogen-bond donors (Lipinski definition) is 0. The van der Waals surface area contributed by atoms with E-state index in [0.717, 1.165) is 22.4 Å². The Morgan fingerprint density at radius 2 is 1.47 bits per heavy atom. The molecule has 1 aliphatic rings. The van der Waals surface area contributed by atoms with Crippen molar-refractivity contribution in [3.05, 3.63) is 136 Å². The Kier molecular flexibility index (Phi) is 5.90. The Labute approximate surface area is 218 Å². The van der Waals surface area contributed by atoms with Crippen molar-refractivity contribution < 1.29 is 13.9 Å². The normalized spacial score (nSPS) is 14.2. The van der Waals surface area contributed by atoms with Crippen LogP contribution in [-0.2, 0) is 4.79 Å². The Bertz CT molecular complexity index is 1770. The SMILES string of the molecule is COc1ccc(/C=C2/N=C(c3ccccc3)N(c3ccc4oc(-c5ccccc5)cc(=O)c4c3)C2=O)cc1. The number of nitrogens with zero attached hydrogens (tertiary/aromatic N) is 2. The average Bonchev–Trinajstić information content (AvgIpc) is 3.29. The molecule has 0 unspecified atom stereocenters. The molecule has 0 saturated carbocycles. The zero-order chi connectivity index (χ0) is 26.1. The van der Waals surface area contributed by atoms with E-state index in [1.165, 1.54) is 11.0 Å². The molecule has 6 heteroatoms. The van der Waals surface area contributed by atoms with Gasteiger partial charge in [0.25, 0.3) is 5.91 Å². The summed E-state index contributed by atoms with van der Waals surface area (Å²) in [5, 5.41) is 0.384. The van der Waals surface area contributed by atoms with Crippen LogP contribution in [0.5, 0.6) is 5.75 Å². The zero-order valence-electron chi connectivity index (χ0n) is 20.5. The number of carbonyl (C=O) groups excluding carboxylic acids is 1. The van der Waals surface area contributed by atoms with Crippen LogP contribution in [0.2, 0.25) is 0 Å². The maximum atomic E-state index is 13.7. The summed E-state index contributed by atoms with van der Waals surface area (Å²) < 4.78 is 11.3. The van der Waals surface area contributed by atoms with Crippen molar-refractivity contribution in [3.63, 3.8) is 0 Å². The molecule has 0 spiro atoms. The predicted octanol–water partition coefficient (Wildman–Crippen LogP) is 6.30. The number of benzene rings is 4. The number of hydrogen-bond acceptors (Lipinski definition) is 5. The van der Waals surface area contributed by atoms with Gasteiger partial charge in [-0.25, -0.2) is 4.99 Å². The van der Waals surface area contributed by atoms with Gasteiger partial charge in [0.1, 0.15) is 28.6 Å². The predicted molar refractivity (Wildman–Crippen MR) is 149 cm³/mol. The van der Waals surface area contributed by atoms with Gasteiger partial charge in [-0.1, -0.05) is 72.8 Å². The number of aliphatic imine (C=N–C) groups is 1. The second-order valence-corrected chi connectivity index (χ2v) is 8.77. The molecule has 0 aliphatic carbocycles. The fourth-order valence-corrected chi connectivity index (χ4v) is 4.42. The van der Waals surface area contributed by atoms with Crippen molar-refractivity contribution in [1.82, 2.24) is 0 Å². The molecular weight excluding hydrogens is 476 g/mol. The first-order valence-corrected chi connectivity index (χ1v) is 12.1. The van der Waals surface area contributed by atoms with E-state index in [1.54, 1.807) is 31.4 Å². The molecule has 184 valence electrons. The van der Waals surface area contributed by atoms with Crippen molar-refractivity contribution >= 4 is 34.5 Å². The van der Waals surface area contributed by atoms with Crippen LogP contribution in [0, 0.1) is 0 Å². The van der Waals surface area contributed by atoms with Crippen LogP contribution in [0.4, 0.5) is 5.69 Å². The lowest BCUT2D eigenvalue weighted by molar-refractivity contribution is -0.113. The quantitative estimate of drug-likeness (QED) is 0.267. The van der Waals surface area contributed by atoms with Crippen LogP contribution >= 0.6 is 0 Å². The number of ether oxygens (including phenoxy) is 1. The first-order chi connectivity index (χ1) is 18.6. The molecule has 4 aromatic carbocycles. The van der Waals surface area contributed by atoms with E-state index in [0.29, 0.717) is 33.9 Å². The third-order valence-electron chi connectivity index (χ3n) is 6.34. The molecule has 2 heterocycles. The van der Waals surface area contributed by atoms with Crippen LogP contribution in [0.1, 0.15) is 11.1 Å². The lowest BCUT2D eigenvalue weighted by Crippen LogP contribution is -2.32. The Balaban J connectivity index is 1.44. The highest BCUT2D eigenvalue weighted by Gasteiger charge is 2.32. The second-order valence-electron chi connectivity index (χ2n) is 8.77. The summed E-state index contributed by atoms with van der Waals surface area (Å²) in [7, 11) is 1.61. The summed E-state index contributed by atoms with van der Waals surface area (Å²) in [5.74, 6) is 1.42. The first kappa shape index (κ1) is 23.2. The van der Waals surface area contributed by atoms with E-state index in [-0.39, 0.29) is 11.3 Å². The number of anilines is 1. The highest BCUT2D eigenvalue weighted by atomic mass is 16.5. The summed E-state index contributed by atoms with van der Waals surface area (Å²) in [6.45, 7) is 0. The fourth-order valence-electron chi connectivity index (χ4n) is 4.42. The molecule has 1 aliphatic heterocycles. The van der Waals surface area contributed by atoms with Crippen molar-refractivity contribution in [2.24, 2.45) is 4.99 Å². The van der Waals surface area contributed by atoms with Gasteiger partial charge in [-0.15, -0.1) is 0 Å². The smallest absolute Gasteiger partial charge is 0.282 e. The third kappa shape index (κ3) is 4.29. The van der Waals surface area contributed by atoms with Crippen LogP contribution in [0.25, 0.3) is 28.4 Å². The number of amidine groups is 1. The highest BCUT2D eigenvalue weighted by Crippen LogP contribution is 2.31. The summed E-state index contributed by atoms with van der Waals surface area (Å²) in [4.78, 5) is 33.1. The molecule has 5 aromatic rings. The average molecular weight is 499 g/mol. The zero-order valence-corrected chi connectivity index (χ0v) is 20.5. The minimum atomic E-state index is -0.288. The van der Waals surface area contributed by atoms with Gasteiger partial charge in [0.2, 0.25) is 0 Å². The minimum absolute atomic E-state index is 0.189. The highest BCUT2D eigenvalue weighted by molar-refractivity contribution is 6.33. The van der Waals surface area contributed by atoms with Crippen molar-refractivity contribution in [1.29, 1.82) is 0 Å². The van der Waals surface area contributed by atoms with Gasteiger partial charge in [0, 0.05) is 17.2 Å². The molecule has 1 amide bonds. The second kappa shape index (κ2) is 9.67. The van der Waals surface area contributed by atoms with Gasteiger partial charge in [0.05, 0.1) is 18.2 Å². The standard InChI is InChI=1S/C32H22N2O4/c1-37-25-15-12-21(13-16-25)18-27-32(36)34(31(33-27)23-10-6-3-7-11-23)24-14-17-29-26(19-24)28(35)20-30(38-29)22-8-4-2-5-9-22/h2-20H,1H3/b27-18+. The molecule has 0 bridgehead atoms. The van der Waals surface area contributed by atoms with Gasteiger partial charge in [0.15, 0.2) is 5.43 Å². The van der Waals surface area contributed by atoms with Gasteiger partial charge in [-0.05, 0) is 42.0 Å². The topological polar surface area (TPSA) is 72.1 Å². The van der Waals surface area contributed by atoms with Crippen LogP contribution in [-0.4, -0.2) is 18.9 Å². The summed E-state index contributed by atoms with van der Waals surface area (Å²) in [6.07, 6.45) is 1.74. The summed E-state index contributed by atoms with van der Waals surface area (Å²) >= 11 is 0. The van der Waals surface area contributed by atoms with Crippen LogP contribution in [0.15, 0.2) is 129 Å². The summed E-state index contributed by atoms with van der Waals surface area (Å²) in [5.41, 5.74) is 3.50.